The molecule has 1 aliphatic rings. The predicted molar refractivity (Wildman–Crippen MR) is 91.9 cm³/mol. The number of nitrogens with zero attached hydrogens (tertiary/aromatic N) is 1. The molecule has 9 nitrogen and oxygen atoms in total. The average Bonchev–Trinajstić information content (AvgIpc) is 2.92. The number of benzene rings is 1. The summed E-state index contributed by atoms with van der Waals surface area (Å²) in [5, 5.41) is 16.2. The maximum absolute atomic E-state index is 12.2. The quantitative estimate of drug-likeness (QED) is 0.567. The minimum absolute atomic E-state index is 0.0760. The number of nitro groups is 1. The lowest BCUT2D eigenvalue weighted by atomic mass is 10.1. The zero-order valence-electron chi connectivity index (χ0n) is 12.9. The van der Waals surface area contributed by atoms with Crippen LogP contribution in [0.15, 0.2) is 24.3 Å². The smallest absolute Gasteiger partial charge is 0.324 e. The number of ether oxygens (including phenoxy) is 1. The van der Waals surface area contributed by atoms with Crippen LogP contribution in [0.1, 0.15) is 20.8 Å². The van der Waals surface area contributed by atoms with Crippen molar-refractivity contribution in [3.05, 3.63) is 50.4 Å². The molecule has 1 aromatic heterocycles. The maximum Gasteiger partial charge on any atom is 0.324 e. The second-order valence-corrected chi connectivity index (χ2v) is 6.36. The summed E-state index contributed by atoms with van der Waals surface area (Å²) < 4.78 is 5.35. The van der Waals surface area contributed by atoms with Crippen LogP contribution in [0.3, 0.4) is 0 Å². The molecule has 0 spiro atoms. The molecule has 0 unspecified atom stereocenters. The predicted octanol–water partition coefficient (Wildman–Crippen LogP) is 2.47. The molecule has 0 bridgehead atoms. The third-order valence-electron chi connectivity index (χ3n) is 3.63. The molecule has 130 valence electrons. The fourth-order valence-corrected chi connectivity index (χ4v) is 3.70. The van der Waals surface area contributed by atoms with Crippen LogP contribution < -0.4 is 16.4 Å². The van der Waals surface area contributed by atoms with Gasteiger partial charge in [0.15, 0.2) is 0 Å². The van der Waals surface area contributed by atoms with Crippen LogP contribution in [0.5, 0.6) is 0 Å². The summed E-state index contributed by atoms with van der Waals surface area (Å²) in [5.41, 5.74) is 6.88. The first-order chi connectivity index (χ1) is 12.0. The number of nitro benzene ring substituents is 1. The van der Waals surface area contributed by atoms with Crippen molar-refractivity contribution in [1.82, 2.24) is 0 Å². The minimum Gasteiger partial charge on any atom is -0.376 e. The van der Waals surface area contributed by atoms with E-state index in [0.29, 0.717) is 35.9 Å². The summed E-state index contributed by atoms with van der Waals surface area (Å²) in [7, 11) is 0. The van der Waals surface area contributed by atoms with Crippen molar-refractivity contribution in [2.75, 3.05) is 17.2 Å². The van der Waals surface area contributed by atoms with Crippen molar-refractivity contribution in [1.29, 1.82) is 0 Å². The van der Waals surface area contributed by atoms with Gasteiger partial charge in [-0.2, -0.15) is 0 Å². The topological polar surface area (TPSA) is 137 Å². The molecular weight excluding hydrogens is 348 g/mol. The van der Waals surface area contributed by atoms with E-state index >= 15 is 0 Å². The van der Waals surface area contributed by atoms with E-state index in [-0.39, 0.29) is 5.69 Å². The number of nitrogens with two attached hydrogens (primary N) is 1. The molecule has 0 aliphatic carbocycles. The number of non-ortho nitro benzene ring substituents is 1. The van der Waals surface area contributed by atoms with E-state index in [1.54, 1.807) is 0 Å². The van der Waals surface area contributed by atoms with Gasteiger partial charge >= 0.3 is 6.03 Å². The highest BCUT2D eigenvalue weighted by atomic mass is 32.1. The second kappa shape index (κ2) is 6.87. The Morgan fingerprint density at radius 3 is 2.60 bits per heavy atom. The number of amides is 3. The minimum atomic E-state index is -0.606. The zero-order valence-corrected chi connectivity index (χ0v) is 13.7. The van der Waals surface area contributed by atoms with Crippen LogP contribution in [0.2, 0.25) is 0 Å². The molecule has 0 atom stereocenters. The lowest BCUT2D eigenvalue weighted by Gasteiger charge is -2.12. The Hall–Kier alpha value is -2.98. The molecule has 1 aromatic carbocycles. The third-order valence-corrected chi connectivity index (χ3v) is 4.75. The number of primary amides is 1. The summed E-state index contributed by atoms with van der Waals surface area (Å²) in [4.78, 5) is 34.9. The first-order valence-corrected chi connectivity index (χ1v) is 8.12. The van der Waals surface area contributed by atoms with Gasteiger partial charge in [-0.15, -0.1) is 11.3 Å². The zero-order chi connectivity index (χ0) is 18.0. The van der Waals surface area contributed by atoms with Crippen LogP contribution in [0.25, 0.3) is 0 Å². The van der Waals surface area contributed by atoms with Crippen LogP contribution in [-0.2, 0) is 17.8 Å². The Balaban J connectivity index is 1.75. The van der Waals surface area contributed by atoms with Crippen molar-refractivity contribution in [3.63, 3.8) is 0 Å². The highest BCUT2D eigenvalue weighted by molar-refractivity contribution is 7.17. The fraction of sp³-hybridized carbons (Fsp3) is 0.200. The van der Waals surface area contributed by atoms with E-state index in [0.717, 1.165) is 10.4 Å². The van der Waals surface area contributed by atoms with Crippen LogP contribution in [0, 0.1) is 10.1 Å². The van der Waals surface area contributed by atoms with Crippen LogP contribution in [0.4, 0.5) is 21.2 Å². The highest BCUT2D eigenvalue weighted by Crippen LogP contribution is 2.36. The molecule has 10 heteroatoms. The normalized spacial score (nSPS) is 13.0. The first kappa shape index (κ1) is 16.9. The Morgan fingerprint density at radius 2 is 1.96 bits per heavy atom. The summed E-state index contributed by atoms with van der Waals surface area (Å²) in [6, 6.07) is 4.83. The number of urea groups is 1. The number of rotatable bonds is 4. The molecule has 1 aliphatic heterocycles. The molecule has 25 heavy (non-hydrogen) atoms. The van der Waals surface area contributed by atoms with Crippen molar-refractivity contribution in [2.24, 2.45) is 5.73 Å². The monoisotopic (exact) mass is 362 g/mol. The highest BCUT2D eigenvalue weighted by Gasteiger charge is 2.25. The molecule has 0 radical (unpaired) electrons. The Bertz CT molecular complexity index is 846. The molecule has 3 amide bonds. The molecule has 2 aromatic rings. The van der Waals surface area contributed by atoms with Crippen molar-refractivity contribution >= 4 is 39.7 Å². The van der Waals surface area contributed by atoms with Gasteiger partial charge in [0.1, 0.15) is 5.00 Å². The van der Waals surface area contributed by atoms with Gasteiger partial charge in [-0.05, 0) is 24.1 Å². The van der Waals surface area contributed by atoms with E-state index in [1.807, 2.05) is 0 Å². The van der Waals surface area contributed by atoms with Gasteiger partial charge in [0.25, 0.3) is 11.6 Å². The summed E-state index contributed by atoms with van der Waals surface area (Å²) >= 11 is 1.25. The van der Waals surface area contributed by atoms with Gasteiger partial charge in [-0.1, -0.05) is 0 Å². The van der Waals surface area contributed by atoms with Crippen LogP contribution >= 0.6 is 11.3 Å². The van der Waals surface area contributed by atoms with E-state index in [4.69, 9.17) is 10.5 Å². The second-order valence-electron chi connectivity index (χ2n) is 5.26. The van der Waals surface area contributed by atoms with Crippen molar-refractivity contribution in [3.8, 4) is 0 Å². The van der Waals surface area contributed by atoms with E-state index in [9.17, 15) is 19.7 Å². The SMILES string of the molecule is NC(=O)c1c(NC(=O)Nc2ccc([N+](=O)[O-])cc2)sc2c1CCOC2. The number of anilines is 2. The lowest BCUT2D eigenvalue weighted by molar-refractivity contribution is -0.384. The fourth-order valence-electron chi connectivity index (χ4n) is 2.51. The lowest BCUT2D eigenvalue weighted by Crippen LogP contribution is -2.22. The molecule has 3 rings (SSSR count). The summed E-state index contributed by atoms with van der Waals surface area (Å²) in [5.74, 6) is -0.606. The standard InChI is InChI=1S/C15H14N4O5S/c16-13(20)12-10-5-6-24-7-11(10)25-14(12)18-15(21)17-8-1-3-9(4-2-8)19(22)23/h1-4H,5-7H2,(H2,16,20)(H2,17,18,21). The van der Waals surface area contributed by atoms with E-state index in [2.05, 4.69) is 10.6 Å². The van der Waals surface area contributed by atoms with E-state index < -0.39 is 16.9 Å². The van der Waals surface area contributed by atoms with Gasteiger partial charge in [-0.25, -0.2) is 4.79 Å². The van der Waals surface area contributed by atoms with Gasteiger partial charge < -0.3 is 15.8 Å². The Labute approximate surface area is 145 Å². The number of nitrogens with one attached hydrogen (secondary N) is 2. The van der Waals surface area contributed by atoms with Crippen molar-refractivity contribution in [2.45, 2.75) is 13.0 Å². The first-order valence-electron chi connectivity index (χ1n) is 7.30. The largest absolute Gasteiger partial charge is 0.376 e. The summed E-state index contributed by atoms with van der Waals surface area (Å²) in [6.07, 6.45) is 0.565. The van der Waals surface area contributed by atoms with E-state index in [1.165, 1.54) is 35.6 Å². The maximum atomic E-state index is 12.2. The number of hydrogen-bond donors (Lipinski definition) is 3. The van der Waals surface area contributed by atoms with Crippen LogP contribution in [-0.4, -0.2) is 23.5 Å². The van der Waals surface area contributed by atoms with Gasteiger partial charge in [0, 0.05) is 22.7 Å². The number of fused-ring (bicyclic) bond motifs is 1. The molecular formula is C15H14N4O5S. The molecule has 0 fully saturated rings. The van der Waals surface area contributed by atoms with Crippen molar-refractivity contribution < 1.29 is 19.2 Å². The number of hydrogen-bond acceptors (Lipinski definition) is 6. The third kappa shape index (κ3) is 3.59. The number of thiophene rings is 1. The van der Waals surface area contributed by atoms with Gasteiger partial charge in [-0.3, -0.25) is 20.2 Å². The van der Waals surface area contributed by atoms with Gasteiger partial charge in [0.2, 0.25) is 0 Å². The Morgan fingerprint density at radius 1 is 1.24 bits per heavy atom. The number of carbonyl (C=O) groups is 2. The average molecular weight is 362 g/mol. The molecule has 0 saturated heterocycles. The molecule has 4 N–H and O–H groups in total. The Kier molecular flexibility index (Phi) is 4.63. The molecule has 2 heterocycles. The molecule has 0 saturated carbocycles. The number of carbonyl (C=O) groups excluding carboxylic acids is 2. The van der Waals surface area contributed by atoms with Gasteiger partial charge in [0.05, 0.1) is 23.7 Å². The summed E-state index contributed by atoms with van der Waals surface area (Å²) in [6.45, 7) is 0.879.